The van der Waals surface area contributed by atoms with Gasteiger partial charge in [-0.25, -0.2) is 0 Å². The molecule has 20 heavy (non-hydrogen) atoms. The molecule has 0 atom stereocenters. The van der Waals surface area contributed by atoms with E-state index in [9.17, 15) is 10.2 Å². The summed E-state index contributed by atoms with van der Waals surface area (Å²) in [5, 5.41) is 27.4. The highest BCUT2D eigenvalue weighted by Gasteiger charge is 2.24. The molecule has 0 spiro atoms. The van der Waals surface area contributed by atoms with Crippen LogP contribution in [0.25, 0.3) is 11.3 Å². The Morgan fingerprint density at radius 3 is 2.80 bits per heavy atom. The number of fused-ring (bicyclic) bond motifs is 1. The number of benzene rings is 1. The molecule has 0 fully saturated rings. The number of aromatic hydroxyl groups is 2. The molecule has 1 aromatic carbocycles. The number of halogens is 2. The number of nitrogens with one attached hydrogen (secondary N) is 1. The number of phenolic OH excluding ortho intramolecular Hbond substituents is 2. The van der Waals surface area contributed by atoms with Crippen LogP contribution < -0.4 is 0 Å². The Labute approximate surface area is 132 Å². The molecule has 0 unspecified atom stereocenters. The SMILES string of the molecule is CN1CCc2[nH]nc(-c3cc(Br)c(O)c(Br)c3O)c2C1. The lowest BCUT2D eigenvalue weighted by Gasteiger charge is -2.22. The van der Waals surface area contributed by atoms with E-state index in [1.54, 1.807) is 6.07 Å². The topological polar surface area (TPSA) is 72.4 Å². The maximum Gasteiger partial charge on any atom is 0.147 e. The summed E-state index contributed by atoms with van der Waals surface area (Å²) in [4.78, 5) is 2.21. The quantitative estimate of drug-likeness (QED) is 0.685. The first kappa shape index (κ1) is 13.9. The Balaban J connectivity index is 2.18. The summed E-state index contributed by atoms with van der Waals surface area (Å²) < 4.78 is 0.779. The van der Waals surface area contributed by atoms with Crippen LogP contribution in [-0.4, -0.2) is 38.9 Å². The molecule has 3 rings (SSSR count). The van der Waals surface area contributed by atoms with Gasteiger partial charge in [0.2, 0.25) is 0 Å². The molecule has 1 aliphatic rings. The molecule has 2 heterocycles. The minimum atomic E-state index is -0.0206. The minimum Gasteiger partial charge on any atom is -0.506 e. The molecule has 2 aromatic rings. The molecule has 7 heteroatoms. The van der Waals surface area contributed by atoms with Gasteiger partial charge in [0, 0.05) is 36.3 Å². The average molecular weight is 403 g/mol. The third-order valence-electron chi connectivity index (χ3n) is 3.55. The summed E-state index contributed by atoms with van der Waals surface area (Å²) in [5.74, 6) is -0.0269. The number of nitrogens with zero attached hydrogens (tertiary/aromatic N) is 2. The third-order valence-corrected chi connectivity index (χ3v) is 4.90. The maximum absolute atomic E-state index is 10.2. The smallest absolute Gasteiger partial charge is 0.147 e. The standard InChI is InChI=1S/C13H13Br2N3O2/c1-18-3-2-9-7(5-18)11(17-16-9)6-4-8(14)13(20)10(15)12(6)19/h4,19-20H,2-3,5H2,1H3,(H,16,17). The average Bonchev–Trinajstić information content (AvgIpc) is 2.83. The second kappa shape index (κ2) is 5.05. The molecule has 0 bridgehead atoms. The van der Waals surface area contributed by atoms with Crippen LogP contribution in [0.2, 0.25) is 0 Å². The lowest BCUT2D eigenvalue weighted by atomic mass is 10.0. The Morgan fingerprint density at radius 1 is 1.30 bits per heavy atom. The van der Waals surface area contributed by atoms with E-state index in [-0.39, 0.29) is 16.0 Å². The van der Waals surface area contributed by atoms with Gasteiger partial charge in [0.05, 0.1) is 4.47 Å². The van der Waals surface area contributed by atoms with Crippen molar-refractivity contribution < 1.29 is 10.2 Å². The number of hydrogen-bond acceptors (Lipinski definition) is 4. The van der Waals surface area contributed by atoms with Crippen LogP contribution >= 0.6 is 31.9 Å². The van der Waals surface area contributed by atoms with Gasteiger partial charge in [0.1, 0.15) is 21.7 Å². The first-order valence-electron chi connectivity index (χ1n) is 6.14. The lowest BCUT2D eigenvalue weighted by molar-refractivity contribution is 0.312. The van der Waals surface area contributed by atoms with Gasteiger partial charge in [0.15, 0.2) is 0 Å². The highest BCUT2D eigenvalue weighted by atomic mass is 79.9. The van der Waals surface area contributed by atoms with Crippen LogP contribution in [0.1, 0.15) is 11.3 Å². The highest BCUT2D eigenvalue weighted by Crippen LogP contribution is 2.46. The van der Waals surface area contributed by atoms with Crippen molar-refractivity contribution in [2.45, 2.75) is 13.0 Å². The van der Waals surface area contributed by atoms with E-state index in [1.807, 2.05) is 0 Å². The second-order valence-electron chi connectivity index (χ2n) is 4.93. The molecule has 0 saturated carbocycles. The fraction of sp³-hybridized carbons (Fsp3) is 0.308. The Bertz CT molecular complexity index is 685. The largest absolute Gasteiger partial charge is 0.506 e. The summed E-state index contributed by atoms with van der Waals surface area (Å²) in [6.07, 6.45) is 0.917. The number of aromatic amines is 1. The van der Waals surface area contributed by atoms with Crippen LogP contribution in [0.15, 0.2) is 15.0 Å². The molecule has 1 aromatic heterocycles. The molecule has 0 aliphatic carbocycles. The number of hydrogen-bond donors (Lipinski definition) is 3. The third kappa shape index (κ3) is 2.13. The molecule has 0 amide bonds. The predicted octanol–water partition coefficient (Wildman–Crippen LogP) is 3.00. The van der Waals surface area contributed by atoms with Crippen molar-refractivity contribution in [3.8, 4) is 22.8 Å². The fourth-order valence-electron chi connectivity index (χ4n) is 2.43. The summed E-state index contributed by atoms with van der Waals surface area (Å²) >= 11 is 6.48. The number of rotatable bonds is 1. The van der Waals surface area contributed by atoms with E-state index in [1.165, 1.54) is 0 Å². The molecule has 106 valence electrons. The van der Waals surface area contributed by atoms with Crippen molar-refractivity contribution in [2.24, 2.45) is 0 Å². The van der Waals surface area contributed by atoms with E-state index in [2.05, 4.69) is 54.0 Å². The van der Waals surface area contributed by atoms with Gasteiger partial charge in [-0.3, -0.25) is 5.10 Å². The van der Waals surface area contributed by atoms with E-state index >= 15 is 0 Å². The van der Waals surface area contributed by atoms with E-state index in [0.717, 1.165) is 36.5 Å². The second-order valence-corrected chi connectivity index (χ2v) is 6.58. The predicted molar refractivity (Wildman–Crippen MR) is 82.8 cm³/mol. The number of aromatic nitrogens is 2. The number of phenols is 2. The molecule has 3 N–H and O–H groups in total. The van der Waals surface area contributed by atoms with Crippen molar-refractivity contribution in [3.05, 3.63) is 26.3 Å². The normalized spacial score (nSPS) is 15.3. The molecular formula is C13H13Br2N3O2. The van der Waals surface area contributed by atoms with Crippen molar-refractivity contribution >= 4 is 31.9 Å². The van der Waals surface area contributed by atoms with Gasteiger partial charge in [0.25, 0.3) is 0 Å². The van der Waals surface area contributed by atoms with Gasteiger partial charge in [-0.2, -0.15) is 5.10 Å². The van der Waals surface area contributed by atoms with Crippen LogP contribution in [0.5, 0.6) is 11.5 Å². The van der Waals surface area contributed by atoms with E-state index in [0.29, 0.717) is 10.0 Å². The zero-order chi connectivity index (χ0) is 14.4. The first-order valence-corrected chi connectivity index (χ1v) is 7.72. The maximum atomic E-state index is 10.2. The summed E-state index contributed by atoms with van der Waals surface area (Å²) in [6, 6.07) is 1.68. The van der Waals surface area contributed by atoms with Gasteiger partial charge < -0.3 is 15.1 Å². The molecular weight excluding hydrogens is 390 g/mol. The molecule has 0 saturated heterocycles. The molecule has 5 nitrogen and oxygen atoms in total. The lowest BCUT2D eigenvalue weighted by Crippen LogP contribution is -2.26. The van der Waals surface area contributed by atoms with Gasteiger partial charge in [-0.1, -0.05) is 0 Å². The first-order chi connectivity index (χ1) is 9.49. The van der Waals surface area contributed by atoms with Crippen LogP contribution in [0.4, 0.5) is 0 Å². The zero-order valence-electron chi connectivity index (χ0n) is 10.7. The highest BCUT2D eigenvalue weighted by molar-refractivity contribution is 9.11. The van der Waals surface area contributed by atoms with Crippen LogP contribution in [0.3, 0.4) is 0 Å². The summed E-state index contributed by atoms with van der Waals surface area (Å²) in [5.41, 5.74) is 3.52. The van der Waals surface area contributed by atoms with Crippen molar-refractivity contribution in [1.82, 2.24) is 15.1 Å². The Kier molecular flexibility index (Phi) is 3.51. The van der Waals surface area contributed by atoms with E-state index < -0.39 is 0 Å². The fourth-order valence-corrected chi connectivity index (χ4v) is 3.55. The molecule has 1 aliphatic heterocycles. The van der Waals surface area contributed by atoms with E-state index in [4.69, 9.17) is 0 Å². The van der Waals surface area contributed by atoms with Crippen LogP contribution in [-0.2, 0) is 13.0 Å². The monoisotopic (exact) mass is 401 g/mol. The van der Waals surface area contributed by atoms with Crippen molar-refractivity contribution in [3.63, 3.8) is 0 Å². The van der Waals surface area contributed by atoms with Crippen molar-refractivity contribution in [2.75, 3.05) is 13.6 Å². The van der Waals surface area contributed by atoms with Gasteiger partial charge in [-0.05, 0) is 45.0 Å². The Morgan fingerprint density at radius 2 is 2.05 bits per heavy atom. The van der Waals surface area contributed by atoms with Crippen LogP contribution in [0, 0.1) is 0 Å². The summed E-state index contributed by atoms with van der Waals surface area (Å²) in [6.45, 7) is 1.78. The number of H-pyrrole nitrogens is 1. The summed E-state index contributed by atoms with van der Waals surface area (Å²) in [7, 11) is 2.06. The van der Waals surface area contributed by atoms with Gasteiger partial charge in [-0.15, -0.1) is 0 Å². The minimum absolute atomic E-state index is 0.00627. The molecule has 0 radical (unpaired) electrons. The Hall–Kier alpha value is -1.05. The number of likely N-dealkylation sites (N-methyl/N-ethyl adjacent to an activating group) is 1. The van der Waals surface area contributed by atoms with Crippen molar-refractivity contribution in [1.29, 1.82) is 0 Å². The van der Waals surface area contributed by atoms with Gasteiger partial charge >= 0.3 is 0 Å². The zero-order valence-corrected chi connectivity index (χ0v) is 13.9.